The number of aliphatic hydroxyl groups is 1. The van der Waals surface area contributed by atoms with Crippen LogP contribution < -0.4 is 0 Å². The van der Waals surface area contributed by atoms with Gasteiger partial charge in [-0.15, -0.1) is 0 Å². The van der Waals surface area contributed by atoms with Crippen molar-refractivity contribution < 1.29 is 19.2 Å². The fraction of sp³-hybridized carbons (Fsp3) is 0.636. The van der Waals surface area contributed by atoms with Crippen LogP contribution in [0.1, 0.15) is 92.9 Å². The summed E-state index contributed by atoms with van der Waals surface area (Å²) in [6.07, 6.45) is 9.17. The number of ketones is 2. The van der Waals surface area contributed by atoms with Crippen LogP contribution in [-0.2, 0) is 17.6 Å². The number of carbonyl (C=O) groups is 2. The van der Waals surface area contributed by atoms with Crippen LogP contribution in [0.3, 0.4) is 0 Å². The molecule has 1 saturated carbocycles. The first kappa shape index (κ1) is 20.5. The zero-order valence-corrected chi connectivity index (χ0v) is 16.8. The summed E-state index contributed by atoms with van der Waals surface area (Å²) in [5.74, 6) is 0.750. The van der Waals surface area contributed by atoms with Crippen LogP contribution in [0.5, 0.6) is 0 Å². The van der Waals surface area contributed by atoms with Crippen LogP contribution in [0.4, 0.5) is 0 Å². The third-order valence-electron chi connectivity index (χ3n) is 5.51. The predicted molar refractivity (Wildman–Crippen MR) is 107 cm³/mol. The van der Waals surface area contributed by atoms with Gasteiger partial charge in [-0.25, -0.2) is 0 Å². The Balaban J connectivity index is 1.70. The lowest BCUT2D eigenvalue weighted by atomic mass is 9.88. The number of allylic oxidation sites excluding steroid dienone is 2. The number of nitrogens with zero attached hydrogens (tertiary/aromatic N) is 2. The van der Waals surface area contributed by atoms with E-state index in [9.17, 15) is 14.7 Å². The van der Waals surface area contributed by atoms with Crippen LogP contribution >= 0.6 is 0 Å². The highest BCUT2D eigenvalue weighted by molar-refractivity contribution is 6.24. The van der Waals surface area contributed by atoms with Crippen molar-refractivity contribution in [2.75, 3.05) is 6.54 Å². The van der Waals surface area contributed by atoms with E-state index >= 15 is 0 Å². The second kappa shape index (κ2) is 9.80. The van der Waals surface area contributed by atoms with Crippen LogP contribution in [0.15, 0.2) is 20.8 Å². The van der Waals surface area contributed by atoms with Crippen molar-refractivity contribution in [3.8, 4) is 0 Å². The van der Waals surface area contributed by atoms with Gasteiger partial charge < -0.3 is 9.63 Å². The second-order valence-corrected chi connectivity index (χ2v) is 7.69. The van der Waals surface area contributed by atoms with Crippen molar-refractivity contribution >= 4 is 17.3 Å². The number of unbranched alkanes of at least 4 members (excludes halogenated alkanes) is 3. The number of aromatic nitrogens is 1. The molecule has 0 aromatic carbocycles. The number of hydrogen-bond donors (Lipinski definition) is 1. The Bertz CT molecular complexity index is 788. The molecule has 0 atom stereocenters. The highest BCUT2D eigenvalue weighted by atomic mass is 16.5. The normalized spacial score (nSPS) is 20.5. The quantitative estimate of drug-likeness (QED) is 0.397. The van der Waals surface area contributed by atoms with E-state index in [4.69, 9.17) is 4.52 Å². The predicted octanol–water partition coefficient (Wildman–Crippen LogP) is 4.71. The first-order valence-electron chi connectivity index (χ1n) is 10.6. The molecule has 28 heavy (non-hydrogen) atoms. The molecule has 0 spiro atoms. The number of fused-ring (bicyclic) bond motifs is 1. The van der Waals surface area contributed by atoms with Crippen molar-refractivity contribution in [3.05, 3.63) is 28.3 Å². The summed E-state index contributed by atoms with van der Waals surface area (Å²) in [6, 6.07) is 0. The van der Waals surface area contributed by atoms with Gasteiger partial charge in [0, 0.05) is 44.4 Å². The van der Waals surface area contributed by atoms with E-state index in [0.717, 1.165) is 44.2 Å². The Labute approximate surface area is 166 Å². The third kappa shape index (κ3) is 4.78. The highest BCUT2D eigenvalue weighted by Gasteiger charge is 2.28. The Morgan fingerprint density at radius 3 is 2.68 bits per heavy atom. The molecule has 0 unspecified atom stereocenters. The molecule has 1 N–H and O–H groups in total. The second-order valence-electron chi connectivity index (χ2n) is 7.69. The maximum atomic E-state index is 12.4. The topological polar surface area (TPSA) is 92.8 Å². The zero-order valence-electron chi connectivity index (χ0n) is 16.8. The van der Waals surface area contributed by atoms with Gasteiger partial charge in [0.05, 0.1) is 16.8 Å². The fourth-order valence-electron chi connectivity index (χ4n) is 3.98. The molecule has 6 nitrogen and oxygen atoms in total. The number of aliphatic hydroxyl groups excluding tert-OH is 1. The minimum absolute atomic E-state index is 0.0330. The first-order valence-corrected chi connectivity index (χ1v) is 10.6. The van der Waals surface area contributed by atoms with Crippen molar-refractivity contribution in [1.82, 2.24) is 5.16 Å². The molecule has 0 saturated heterocycles. The molecular formula is C22H30N2O4. The third-order valence-corrected chi connectivity index (χ3v) is 5.51. The highest BCUT2D eigenvalue weighted by Crippen LogP contribution is 2.27. The maximum absolute atomic E-state index is 12.4. The van der Waals surface area contributed by atoms with Crippen molar-refractivity contribution in [2.24, 2.45) is 4.99 Å². The maximum Gasteiger partial charge on any atom is 0.168 e. The van der Waals surface area contributed by atoms with Crippen LogP contribution in [-0.4, -0.2) is 34.1 Å². The smallest absolute Gasteiger partial charge is 0.168 e. The molecule has 1 aromatic rings. The van der Waals surface area contributed by atoms with E-state index in [1.807, 2.05) is 0 Å². The van der Waals surface area contributed by atoms with Gasteiger partial charge in [0.25, 0.3) is 0 Å². The molecule has 2 aliphatic rings. The summed E-state index contributed by atoms with van der Waals surface area (Å²) in [5.41, 5.74) is 2.31. The molecular weight excluding hydrogens is 356 g/mol. The van der Waals surface area contributed by atoms with E-state index in [1.165, 1.54) is 12.8 Å². The van der Waals surface area contributed by atoms with E-state index in [1.54, 1.807) is 0 Å². The summed E-state index contributed by atoms with van der Waals surface area (Å²) >= 11 is 0. The zero-order chi connectivity index (χ0) is 19.9. The molecule has 6 heteroatoms. The van der Waals surface area contributed by atoms with Gasteiger partial charge in [-0.1, -0.05) is 31.3 Å². The summed E-state index contributed by atoms with van der Waals surface area (Å²) in [7, 11) is 0. The van der Waals surface area contributed by atoms with Crippen molar-refractivity contribution in [1.29, 1.82) is 0 Å². The lowest BCUT2D eigenvalue weighted by Gasteiger charge is -2.18. The lowest BCUT2D eigenvalue weighted by Crippen LogP contribution is -2.22. The molecule has 0 bridgehead atoms. The molecule has 0 amide bonds. The molecule has 1 heterocycles. The Kier molecular flexibility index (Phi) is 7.18. The Morgan fingerprint density at radius 1 is 1.07 bits per heavy atom. The van der Waals surface area contributed by atoms with Gasteiger partial charge in [-0.2, -0.15) is 0 Å². The lowest BCUT2D eigenvalue weighted by molar-refractivity contribution is -0.115. The Hall–Kier alpha value is -2.24. The molecule has 3 rings (SSSR count). The van der Waals surface area contributed by atoms with E-state index in [2.05, 4.69) is 17.1 Å². The van der Waals surface area contributed by atoms with Gasteiger partial charge in [0.2, 0.25) is 0 Å². The van der Waals surface area contributed by atoms with E-state index in [0.29, 0.717) is 48.4 Å². The van der Waals surface area contributed by atoms with Gasteiger partial charge in [-0.3, -0.25) is 14.6 Å². The first-order chi connectivity index (χ1) is 13.6. The number of hydrogen-bond acceptors (Lipinski definition) is 6. The van der Waals surface area contributed by atoms with Gasteiger partial charge in [0.1, 0.15) is 11.5 Å². The van der Waals surface area contributed by atoms with Gasteiger partial charge in [-0.05, 0) is 25.7 Å². The van der Waals surface area contributed by atoms with Crippen molar-refractivity contribution in [2.45, 2.75) is 84.0 Å². The minimum atomic E-state index is -0.0330. The average Bonchev–Trinajstić information content (AvgIpc) is 3.10. The number of rotatable bonds is 8. The summed E-state index contributed by atoms with van der Waals surface area (Å²) in [6.45, 7) is 2.87. The molecule has 0 radical (unpaired) electrons. The number of aliphatic imine (C=N–C) groups is 1. The average molecular weight is 386 g/mol. The number of aryl methyl sites for hydroxylation is 2. The van der Waals surface area contributed by atoms with Crippen molar-refractivity contribution in [3.63, 3.8) is 0 Å². The number of carbonyl (C=O) groups excluding carboxylic acids is 2. The number of Topliss-reactive ketones (excluding diaryl/α,β-unsaturated/α-hetero) is 2. The molecule has 1 fully saturated rings. The summed E-state index contributed by atoms with van der Waals surface area (Å²) < 4.78 is 5.30. The monoisotopic (exact) mass is 386 g/mol. The minimum Gasteiger partial charge on any atom is -0.511 e. The molecule has 2 aliphatic carbocycles. The fourth-order valence-corrected chi connectivity index (χ4v) is 3.98. The standard InChI is InChI=1S/C22H30N2O4/c1-2-3-4-5-14-23-15-8-6-9-17(25)21(15)19(27)13-12-16-22-18(26)10-7-11-20(22)28-24-16/h27H,2-14H2,1H3. The summed E-state index contributed by atoms with van der Waals surface area (Å²) in [5, 5.41) is 14.7. The van der Waals surface area contributed by atoms with Crippen LogP contribution in [0.2, 0.25) is 0 Å². The SMILES string of the molecule is CCCCCCN=C1CCCC(=O)C1=C(O)CCc1noc2c1C(=O)CCC2. The Morgan fingerprint density at radius 2 is 1.86 bits per heavy atom. The largest absolute Gasteiger partial charge is 0.511 e. The van der Waals surface area contributed by atoms with Crippen LogP contribution in [0, 0.1) is 0 Å². The molecule has 1 aromatic heterocycles. The van der Waals surface area contributed by atoms with Crippen LogP contribution in [0.25, 0.3) is 0 Å². The summed E-state index contributed by atoms with van der Waals surface area (Å²) in [4.78, 5) is 29.2. The van der Waals surface area contributed by atoms with Gasteiger partial charge >= 0.3 is 0 Å². The van der Waals surface area contributed by atoms with E-state index < -0.39 is 0 Å². The van der Waals surface area contributed by atoms with Gasteiger partial charge in [0.15, 0.2) is 11.6 Å². The molecule has 152 valence electrons. The molecule has 0 aliphatic heterocycles. The van der Waals surface area contributed by atoms with E-state index in [-0.39, 0.29) is 23.7 Å².